The molecule has 0 aliphatic rings. The Balaban J connectivity index is 2.57. The van der Waals surface area contributed by atoms with Crippen LogP contribution >= 0.6 is 47.4 Å². The van der Waals surface area contributed by atoms with Crippen LogP contribution in [0.1, 0.15) is 12.8 Å². The van der Waals surface area contributed by atoms with E-state index in [4.69, 9.17) is 39.5 Å². The van der Waals surface area contributed by atoms with Gasteiger partial charge in [0.15, 0.2) is 0 Å². The second kappa shape index (κ2) is 6.74. The summed E-state index contributed by atoms with van der Waals surface area (Å²) in [5.74, 6) is 1.43. The molecule has 0 aliphatic heterocycles. The maximum Gasteiger partial charge on any atom is 0.139 e. The van der Waals surface area contributed by atoms with Crippen molar-refractivity contribution in [3.63, 3.8) is 0 Å². The van der Waals surface area contributed by atoms with Gasteiger partial charge in [0.2, 0.25) is 0 Å². The van der Waals surface area contributed by atoms with Gasteiger partial charge in [0.1, 0.15) is 5.75 Å². The Bertz CT molecular complexity index is 331. The standard InChI is InChI=1S/C10H11Cl3OS/c11-7-5-9(13)10(6-8(7)12)14-3-1-2-4-15/h5-6,15H,1-4H2. The first-order chi connectivity index (χ1) is 7.15. The summed E-state index contributed by atoms with van der Waals surface area (Å²) >= 11 is 21.7. The van der Waals surface area contributed by atoms with Crippen LogP contribution in [-0.4, -0.2) is 12.4 Å². The number of thiol groups is 1. The van der Waals surface area contributed by atoms with E-state index in [2.05, 4.69) is 12.6 Å². The van der Waals surface area contributed by atoms with Crippen molar-refractivity contribution in [3.05, 3.63) is 27.2 Å². The quantitative estimate of drug-likeness (QED) is 0.467. The average Bonchev–Trinajstić information content (AvgIpc) is 2.20. The molecular weight excluding hydrogens is 275 g/mol. The van der Waals surface area contributed by atoms with Gasteiger partial charge in [-0.2, -0.15) is 12.6 Å². The molecular formula is C10H11Cl3OS. The number of benzene rings is 1. The minimum absolute atomic E-state index is 0.435. The van der Waals surface area contributed by atoms with Crippen molar-refractivity contribution in [2.75, 3.05) is 12.4 Å². The van der Waals surface area contributed by atoms with Crippen molar-refractivity contribution < 1.29 is 4.74 Å². The van der Waals surface area contributed by atoms with Crippen molar-refractivity contribution in [1.82, 2.24) is 0 Å². The SMILES string of the molecule is SCCCCOc1cc(Cl)c(Cl)cc1Cl. The molecule has 0 fully saturated rings. The molecule has 1 rings (SSSR count). The minimum Gasteiger partial charge on any atom is -0.492 e. The molecule has 5 heteroatoms. The molecule has 0 bridgehead atoms. The van der Waals surface area contributed by atoms with Gasteiger partial charge >= 0.3 is 0 Å². The number of rotatable bonds is 5. The fourth-order valence-electron chi connectivity index (χ4n) is 1.01. The topological polar surface area (TPSA) is 9.23 Å². The predicted octanol–water partition coefficient (Wildman–Crippen LogP) is 4.74. The lowest BCUT2D eigenvalue weighted by Gasteiger charge is -2.08. The maximum absolute atomic E-state index is 5.93. The van der Waals surface area contributed by atoms with Gasteiger partial charge in [-0.1, -0.05) is 34.8 Å². The molecule has 0 aliphatic carbocycles. The van der Waals surface area contributed by atoms with Crippen molar-refractivity contribution in [2.24, 2.45) is 0 Å². The summed E-state index contributed by atoms with van der Waals surface area (Å²) < 4.78 is 5.47. The van der Waals surface area contributed by atoms with Gasteiger partial charge in [0.25, 0.3) is 0 Å². The Morgan fingerprint density at radius 1 is 1.00 bits per heavy atom. The highest BCUT2D eigenvalue weighted by Crippen LogP contribution is 2.33. The zero-order chi connectivity index (χ0) is 11.3. The molecule has 84 valence electrons. The van der Waals surface area contributed by atoms with E-state index in [1.807, 2.05) is 0 Å². The highest BCUT2D eigenvalue weighted by Gasteiger charge is 2.06. The van der Waals surface area contributed by atoms with E-state index in [0.29, 0.717) is 27.4 Å². The Morgan fingerprint density at radius 3 is 2.33 bits per heavy atom. The fourth-order valence-corrected chi connectivity index (χ4v) is 1.83. The van der Waals surface area contributed by atoms with E-state index in [1.165, 1.54) is 0 Å². The third-order valence-corrected chi connectivity index (χ3v) is 3.12. The third-order valence-electron chi connectivity index (χ3n) is 1.78. The summed E-state index contributed by atoms with van der Waals surface area (Å²) in [5.41, 5.74) is 0. The number of hydrogen-bond acceptors (Lipinski definition) is 2. The van der Waals surface area contributed by atoms with E-state index in [-0.39, 0.29) is 0 Å². The van der Waals surface area contributed by atoms with Gasteiger partial charge in [0.05, 0.1) is 21.7 Å². The molecule has 0 saturated heterocycles. The number of hydrogen-bond donors (Lipinski definition) is 1. The molecule has 0 unspecified atom stereocenters. The summed E-state index contributed by atoms with van der Waals surface area (Å²) in [4.78, 5) is 0. The van der Waals surface area contributed by atoms with Crippen molar-refractivity contribution in [3.8, 4) is 5.75 Å². The van der Waals surface area contributed by atoms with E-state index >= 15 is 0 Å². The van der Waals surface area contributed by atoms with Crippen LogP contribution in [-0.2, 0) is 0 Å². The summed E-state index contributed by atoms with van der Waals surface area (Å²) in [6.45, 7) is 0.609. The Hall–Kier alpha value is 0.240. The van der Waals surface area contributed by atoms with Crippen molar-refractivity contribution >= 4 is 47.4 Å². The Labute approximate surface area is 110 Å². The van der Waals surface area contributed by atoms with E-state index in [9.17, 15) is 0 Å². The second-order valence-electron chi connectivity index (χ2n) is 2.98. The lowest BCUT2D eigenvalue weighted by Crippen LogP contribution is -1.98. The van der Waals surface area contributed by atoms with Gasteiger partial charge in [-0.15, -0.1) is 0 Å². The first kappa shape index (κ1) is 13.3. The van der Waals surface area contributed by atoms with Crippen LogP contribution in [0, 0.1) is 0 Å². The van der Waals surface area contributed by atoms with Gasteiger partial charge in [-0.25, -0.2) is 0 Å². The van der Waals surface area contributed by atoms with Crippen LogP contribution in [0.4, 0.5) is 0 Å². The maximum atomic E-state index is 5.93. The molecule has 1 nitrogen and oxygen atoms in total. The minimum atomic E-state index is 0.435. The van der Waals surface area contributed by atoms with Crippen LogP contribution in [0.5, 0.6) is 5.75 Å². The zero-order valence-corrected chi connectivity index (χ0v) is 11.1. The van der Waals surface area contributed by atoms with Crippen LogP contribution in [0.2, 0.25) is 15.1 Å². The lowest BCUT2D eigenvalue weighted by molar-refractivity contribution is 0.310. The molecule has 0 saturated carbocycles. The highest BCUT2D eigenvalue weighted by molar-refractivity contribution is 7.80. The third kappa shape index (κ3) is 4.31. The largest absolute Gasteiger partial charge is 0.492 e. The van der Waals surface area contributed by atoms with Crippen LogP contribution in [0.15, 0.2) is 12.1 Å². The van der Waals surface area contributed by atoms with E-state index in [0.717, 1.165) is 18.6 Å². The van der Waals surface area contributed by atoms with Crippen molar-refractivity contribution in [2.45, 2.75) is 12.8 Å². The summed E-state index contributed by atoms with van der Waals surface area (Å²) in [6, 6.07) is 3.21. The monoisotopic (exact) mass is 284 g/mol. The van der Waals surface area contributed by atoms with Gasteiger partial charge in [-0.05, 0) is 24.7 Å². The van der Waals surface area contributed by atoms with Crippen LogP contribution in [0.25, 0.3) is 0 Å². The van der Waals surface area contributed by atoms with Gasteiger partial charge in [0, 0.05) is 6.07 Å². The van der Waals surface area contributed by atoms with E-state index < -0.39 is 0 Å². The Kier molecular flexibility index (Phi) is 5.98. The van der Waals surface area contributed by atoms with Gasteiger partial charge < -0.3 is 4.74 Å². The highest BCUT2D eigenvalue weighted by atomic mass is 35.5. The summed E-state index contributed by atoms with van der Waals surface area (Å²) in [5, 5.41) is 1.37. The molecule has 15 heavy (non-hydrogen) atoms. The molecule has 0 radical (unpaired) electrons. The molecule has 1 aromatic carbocycles. The second-order valence-corrected chi connectivity index (χ2v) is 4.64. The van der Waals surface area contributed by atoms with Crippen LogP contribution in [0.3, 0.4) is 0 Å². The predicted molar refractivity (Wildman–Crippen MR) is 70.1 cm³/mol. The normalized spacial score (nSPS) is 10.4. The number of halogens is 3. The molecule has 1 aromatic rings. The van der Waals surface area contributed by atoms with Gasteiger partial charge in [-0.3, -0.25) is 0 Å². The zero-order valence-electron chi connectivity index (χ0n) is 7.97. The molecule has 0 spiro atoms. The number of unbranched alkanes of at least 4 members (excludes halogenated alkanes) is 1. The molecule has 0 aromatic heterocycles. The number of ether oxygens (including phenoxy) is 1. The molecule has 0 N–H and O–H groups in total. The van der Waals surface area contributed by atoms with E-state index in [1.54, 1.807) is 12.1 Å². The lowest BCUT2D eigenvalue weighted by atomic mass is 10.3. The summed E-state index contributed by atoms with van der Waals surface area (Å²) in [7, 11) is 0. The van der Waals surface area contributed by atoms with Crippen LogP contribution < -0.4 is 4.74 Å². The average molecular weight is 286 g/mol. The first-order valence-corrected chi connectivity index (χ1v) is 6.30. The smallest absolute Gasteiger partial charge is 0.139 e. The molecule has 0 atom stereocenters. The molecule has 0 amide bonds. The van der Waals surface area contributed by atoms with Crippen molar-refractivity contribution in [1.29, 1.82) is 0 Å². The molecule has 0 heterocycles. The fraction of sp³-hybridized carbons (Fsp3) is 0.400. The summed E-state index contributed by atoms with van der Waals surface area (Å²) in [6.07, 6.45) is 1.96. The first-order valence-electron chi connectivity index (χ1n) is 4.53. The Morgan fingerprint density at radius 2 is 1.67 bits per heavy atom.